The van der Waals surface area contributed by atoms with Crippen LogP contribution in [0.15, 0.2) is 18.2 Å². The Bertz CT molecular complexity index is 500. The van der Waals surface area contributed by atoms with Crippen LogP contribution in [-0.2, 0) is 4.74 Å². The molecule has 0 aliphatic carbocycles. The fraction of sp³-hybridized carbons (Fsp3) is 0.500. The molecule has 4 heteroatoms. The summed E-state index contributed by atoms with van der Waals surface area (Å²) in [5, 5.41) is 8.37. The lowest BCUT2D eigenvalue weighted by atomic mass is 10.2. The van der Waals surface area contributed by atoms with E-state index in [9.17, 15) is 0 Å². The predicted molar refractivity (Wildman–Crippen MR) is 61.1 cm³/mol. The molecule has 1 unspecified atom stereocenters. The normalized spacial score (nSPS) is 21.4. The highest BCUT2D eigenvalue weighted by Crippen LogP contribution is 2.25. The molecular weight excluding hydrogens is 202 g/mol. The molecule has 1 aliphatic heterocycles. The van der Waals surface area contributed by atoms with Crippen molar-refractivity contribution in [2.24, 2.45) is 0 Å². The molecule has 0 amide bonds. The Morgan fingerprint density at radius 3 is 3.12 bits per heavy atom. The summed E-state index contributed by atoms with van der Waals surface area (Å²) < 4.78 is 7.65. The first-order valence-corrected chi connectivity index (χ1v) is 5.78. The first kappa shape index (κ1) is 9.78. The van der Waals surface area contributed by atoms with Crippen LogP contribution in [0.3, 0.4) is 0 Å². The van der Waals surface area contributed by atoms with Crippen LogP contribution >= 0.6 is 0 Å². The van der Waals surface area contributed by atoms with Gasteiger partial charge >= 0.3 is 0 Å². The third-order valence-corrected chi connectivity index (χ3v) is 3.05. The lowest BCUT2D eigenvalue weighted by Crippen LogP contribution is -2.19. The molecule has 0 N–H and O–H groups in total. The number of rotatable bonds is 1. The monoisotopic (exact) mass is 217 g/mol. The number of ether oxygens (including phenoxy) is 1. The van der Waals surface area contributed by atoms with Crippen LogP contribution in [0, 0.1) is 6.92 Å². The maximum absolute atomic E-state index is 5.73. The minimum Gasteiger partial charge on any atom is -0.356 e. The molecule has 1 saturated heterocycles. The van der Waals surface area contributed by atoms with Crippen LogP contribution < -0.4 is 0 Å². The second kappa shape index (κ2) is 3.87. The highest BCUT2D eigenvalue weighted by molar-refractivity contribution is 5.75. The van der Waals surface area contributed by atoms with E-state index in [0.717, 1.165) is 30.5 Å². The molecule has 0 radical (unpaired) electrons. The van der Waals surface area contributed by atoms with Gasteiger partial charge in [0.15, 0.2) is 6.23 Å². The number of aryl methyl sites for hydroxylation is 1. The number of aromatic nitrogens is 3. The smallest absolute Gasteiger partial charge is 0.152 e. The van der Waals surface area contributed by atoms with Gasteiger partial charge in [0.2, 0.25) is 0 Å². The second-order valence-corrected chi connectivity index (χ2v) is 4.35. The molecule has 4 nitrogen and oxygen atoms in total. The molecule has 2 heterocycles. The van der Waals surface area contributed by atoms with Gasteiger partial charge in [-0.3, -0.25) is 0 Å². The number of nitrogens with zero attached hydrogens (tertiary/aromatic N) is 3. The van der Waals surface area contributed by atoms with Gasteiger partial charge in [-0.1, -0.05) is 11.3 Å². The van der Waals surface area contributed by atoms with Crippen LogP contribution in [0.1, 0.15) is 31.1 Å². The minimum absolute atomic E-state index is 0.0700. The third-order valence-electron chi connectivity index (χ3n) is 3.05. The molecule has 1 aliphatic rings. The van der Waals surface area contributed by atoms with Gasteiger partial charge in [0.05, 0.1) is 5.52 Å². The SMILES string of the molecule is Cc1ccc2nnn(C3CCCCO3)c2c1. The van der Waals surface area contributed by atoms with E-state index in [2.05, 4.69) is 29.4 Å². The second-order valence-electron chi connectivity index (χ2n) is 4.35. The van der Waals surface area contributed by atoms with E-state index in [1.54, 1.807) is 0 Å². The molecule has 0 spiro atoms. The molecule has 0 saturated carbocycles. The molecule has 1 aromatic heterocycles. The van der Waals surface area contributed by atoms with Crippen molar-refractivity contribution in [2.75, 3.05) is 6.61 Å². The average Bonchev–Trinajstić information content (AvgIpc) is 2.73. The number of benzene rings is 1. The number of fused-ring (bicyclic) bond motifs is 1. The molecule has 0 bridgehead atoms. The largest absolute Gasteiger partial charge is 0.356 e. The minimum atomic E-state index is 0.0700. The molecule has 1 fully saturated rings. The van der Waals surface area contributed by atoms with Crippen molar-refractivity contribution >= 4 is 11.0 Å². The maximum Gasteiger partial charge on any atom is 0.152 e. The van der Waals surface area contributed by atoms with Gasteiger partial charge in [-0.2, -0.15) is 0 Å². The van der Waals surface area contributed by atoms with Gasteiger partial charge in [0.25, 0.3) is 0 Å². The van der Waals surface area contributed by atoms with Crippen molar-refractivity contribution in [3.8, 4) is 0 Å². The summed E-state index contributed by atoms with van der Waals surface area (Å²) in [6.45, 7) is 2.91. The molecule has 3 rings (SSSR count). The van der Waals surface area contributed by atoms with Gasteiger partial charge in [0.1, 0.15) is 5.52 Å². The highest BCUT2D eigenvalue weighted by atomic mass is 16.5. The van der Waals surface area contributed by atoms with E-state index < -0.39 is 0 Å². The summed E-state index contributed by atoms with van der Waals surface area (Å²) in [5.41, 5.74) is 3.25. The van der Waals surface area contributed by atoms with E-state index in [1.165, 1.54) is 12.0 Å². The fourth-order valence-electron chi connectivity index (χ4n) is 2.18. The zero-order valence-electron chi connectivity index (χ0n) is 9.39. The van der Waals surface area contributed by atoms with Gasteiger partial charge in [-0.15, -0.1) is 5.10 Å². The summed E-state index contributed by atoms with van der Waals surface area (Å²) >= 11 is 0. The third kappa shape index (κ3) is 1.59. The first-order valence-electron chi connectivity index (χ1n) is 5.78. The summed E-state index contributed by atoms with van der Waals surface area (Å²) in [6.07, 6.45) is 3.47. The van der Waals surface area contributed by atoms with Crippen molar-refractivity contribution in [3.05, 3.63) is 23.8 Å². The lowest BCUT2D eigenvalue weighted by molar-refractivity contribution is -0.0377. The van der Waals surface area contributed by atoms with Crippen LogP contribution in [-0.4, -0.2) is 21.6 Å². The van der Waals surface area contributed by atoms with Crippen LogP contribution in [0.2, 0.25) is 0 Å². The summed E-state index contributed by atoms with van der Waals surface area (Å²) in [6, 6.07) is 6.19. The Balaban J connectivity index is 2.05. The molecular formula is C12H15N3O. The first-order chi connectivity index (χ1) is 7.84. The Hall–Kier alpha value is -1.42. The summed E-state index contributed by atoms with van der Waals surface area (Å²) in [5.74, 6) is 0. The van der Waals surface area contributed by atoms with Crippen molar-refractivity contribution in [1.29, 1.82) is 0 Å². The van der Waals surface area contributed by atoms with Gasteiger partial charge < -0.3 is 4.74 Å². The number of hydrogen-bond acceptors (Lipinski definition) is 3. The van der Waals surface area contributed by atoms with Gasteiger partial charge in [-0.25, -0.2) is 4.68 Å². The molecule has 16 heavy (non-hydrogen) atoms. The number of hydrogen-bond donors (Lipinski definition) is 0. The topological polar surface area (TPSA) is 39.9 Å². The molecule has 1 atom stereocenters. The van der Waals surface area contributed by atoms with Crippen molar-refractivity contribution in [3.63, 3.8) is 0 Å². The highest BCUT2D eigenvalue weighted by Gasteiger charge is 2.18. The van der Waals surface area contributed by atoms with Gasteiger partial charge in [-0.05, 0) is 43.9 Å². The summed E-state index contributed by atoms with van der Waals surface area (Å²) in [4.78, 5) is 0. The zero-order chi connectivity index (χ0) is 11.0. The quantitative estimate of drug-likeness (QED) is 0.736. The molecule has 84 valence electrons. The van der Waals surface area contributed by atoms with Crippen LogP contribution in [0.25, 0.3) is 11.0 Å². The van der Waals surface area contributed by atoms with E-state index >= 15 is 0 Å². The Kier molecular flexibility index (Phi) is 2.36. The Morgan fingerprint density at radius 2 is 2.31 bits per heavy atom. The predicted octanol–water partition coefficient (Wildman–Crippen LogP) is 2.44. The van der Waals surface area contributed by atoms with Gasteiger partial charge in [0, 0.05) is 6.61 Å². The fourth-order valence-corrected chi connectivity index (χ4v) is 2.18. The van der Waals surface area contributed by atoms with Crippen molar-refractivity contribution in [1.82, 2.24) is 15.0 Å². The average molecular weight is 217 g/mol. The zero-order valence-corrected chi connectivity index (χ0v) is 9.39. The summed E-state index contributed by atoms with van der Waals surface area (Å²) in [7, 11) is 0. The standard InChI is InChI=1S/C12H15N3O/c1-9-5-6-10-11(8-9)15(14-13-10)12-4-2-3-7-16-12/h5-6,8,12H,2-4,7H2,1H3. The Labute approximate surface area is 94.2 Å². The van der Waals surface area contributed by atoms with E-state index in [1.807, 2.05) is 10.7 Å². The molecule has 1 aromatic carbocycles. The van der Waals surface area contributed by atoms with E-state index in [4.69, 9.17) is 4.74 Å². The Morgan fingerprint density at radius 1 is 1.38 bits per heavy atom. The maximum atomic E-state index is 5.73. The van der Waals surface area contributed by atoms with Crippen LogP contribution in [0.5, 0.6) is 0 Å². The lowest BCUT2D eigenvalue weighted by Gasteiger charge is -2.22. The van der Waals surface area contributed by atoms with Crippen molar-refractivity contribution in [2.45, 2.75) is 32.4 Å². The van der Waals surface area contributed by atoms with Crippen molar-refractivity contribution < 1.29 is 4.74 Å². The van der Waals surface area contributed by atoms with Crippen LogP contribution in [0.4, 0.5) is 0 Å². The molecule has 2 aromatic rings. The van der Waals surface area contributed by atoms with E-state index in [0.29, 0.717) is 0 Å². The van der Waals surface area contributed by atoms with E-state index in [-0.39, 0.29) is 6.23 Å².